The quantitative estimate of drug-likeness (QED) is 0.329. The maximum Gasteiger partial charge on any atom is 0.0370 e. The highest BCUT2D eigenvalue weighted by Gasteiger charge is 2.18. The Hall–Kier alpha value is 1.12. The van der Waals surface area contributed by atoms with Gasteiger partial charge in [-0.25, -0.2) is 0 Å². The van der Waals surface area contributed by atoms with Crippen LogP contribution in [0.25, 0.3) is 0 Å². The Labute approximate surface area is 53.9 Å². The molecule has 3 heteroatoms. The molecule has 1 nitrogen and oxygen atoms in total. The molecule has 0 aliphatic carbocycles. The number of alkyl halides is 1. The van der Waals surface area contributed by atoms with E-state index in [4.69, 9.17) is 0 Å². The highest BCUT2D eigenvalue weighted by Crippen LogP contribution is 2.18. The summed E-state index contributed by atoms with van der Waals surface area (Å²) in [6, 6.07) is 0. The van der Waals surface area contributed by atoms with Crippen LogP contribution in [0.15, 0.2) is 0 Å². The van der Waals surface area contributed by atoms with Gasteiger partial charge in [0.1, 0.15) is 0 Å². The molecule has 36 valence electrons. The zero-order chi connectivity index (χ0) is 4.57. The second-order valence-corrected chi connectivity index (χ2v) is 4.04. The van der Waals surface area contributed by atoms with Gasteiger partial charge in [0.05, 0.1) is 0 Å². The molecule has 0 saturated carbocycles. The van der Waals surface area contributed by atoms with E-state index >= 15 is 0 Å². The summed E-state index contributed by atoms with van der Waals surface area (Å²) >= 11 is 2.45. The van der Waals surface area contributed by atoms with Gasteiger partial charge in [-0.1, -0.05) is 32.0 Å². The molecule has 0 amide bonds. The molecule has 0 aromatic heterocycles. The zero-order valence-corrected chi connectivity index (χ0v) is 6.71. The molecule has 1 atom stereocenters. The van der Waals surface area contributed by atoms with Gasteiger partial charge in [0.25, 0.3) is 0 Å². The molecule has 1 fully saturated rings. The highest BCUT2D eigenvalue weighted by atomic mass is 127. The van der Waals surface area contributed by atoms with E-state index in [0.717, 1.165) is 3.92 Å². The van der Waals surface area contributed by atoms with E-state index in [9.17, 15) is 0 Å². The molecule has 0 aromatic carbocycles. The molecule has 1 aliphatic heterocycles. The molecule has 1 saturated heterocycles. The molecule has 1 unspecified atom stereocenters. The number of halogens is 1. The minimum absolute atomic E-state index is 0.917. The van der Waals surface area contributed by atoms with Crippen molar-refractivity contribution < 1.29 is 0 Å². The van der Waals surface area contributed by atoms with Crippen molar-refractivity contribution in [2.24, 2.45) is 0 Å². The summed E-state index contributed by atoms with van der Waals surface area (Å²) in [5, 5.41) is 0. The van der Waals surface area contributed by atoms with Crippen LogP contribution in [0.3, 0.4) is 0 Å². The Kier molecular flexibility index (Phi) is 1.69. The summed E-state index contributed by atoms with van der Waals surface area (Å²) in [7, 11) is 2.67. The van der Waals surface area contributed by atoms with E-state index in [1.807, 2.05) is 0 Å². The smallest absolute Gasteiger partial charge is 0.0370 e. The van der Waals surface area contributed by atoms with E-state index < -0.39 is 0 Å². The molecular weight excluding hydrogens is 208 g/mol. The molecule has 0 radical (unpaired) electrons. The second-order valence-electron chi connectivity index (χ2n) is 1.55. The minimum Gasteiger partial charge on any atom is -0.285 e. The topological polar surface area (TPSA) is 3.24 Å². The van der Waals surface area contributed by atoms with Crippen LogP contribution < -0.4 is 0 Å². The standard InChI is InChI=1S/C3H7INP/c4-3-1-5(6)2-3/h3H,1-2,6H2. The van der Waals surface area contributed by atoms with Crippen LogP contribution in [0, 0.1) is 0 Å². The second kappa shape index (κ2) is 1.93. The van der Waals surface area contributed by atoms with Crippen molar-refractivity contribution in [1.82, 2.24) is 4.67 Å². The fraction of sp³-hybridized carbons (Fsp3) is 1.00. The number of hydrogen-bond donors (Lipinski definition) is 0. The molecule has 1 aliphatic rings. The lowest BCUT2D eigenvalue weighted by Crippen LogP contribution is -2.39. The Bertz CT molecular complexity index is 46.8. The van der Waals surface area contributed by atoms with Gasteiger partial charge in [-0.2, -0.15) is 0 Å². The van der Waals surface area contributed by atoms with Gasteiger partial charge in [-0.3, -0.25) is 4.67 Å². The van der Waals surface area contributed by atoms with Gasteiger partial charge < -0.3 is 0 Å². The maximum absolute atomic E-state index is 2.67. The van der Waals surface area contributed by atoms with Crippen molar-refractivity contribution in [1.29, 1.82) is 0 Å². The van der Waals surface area contributed by atoms with Crippen LogP contribution >= 0.6 is 32.0 Å². The first-order valence-corrected chi connectivity index (χ1v) is 3.69. The summed E-state index contributed by atoms with van der Waals surface area (Å²) in [4.78, 5) is 0. The number of hydrogen-bond acceptors (Lipinski definition) is 1. The number of rotatable bonds is 0. The van der Waals surface area contributed by atoms with Crippen LogP contribution in [0.2, 0.25) is 0 Å². The Balaban J connectivity index is 2.11. The fourth-order valence-electron chi connectivity index (χ4n) is 0.455. The van der Waals surface area contributed by atoms with Crippen LogP contribution in [-0.4, -0.2) is 21.7 Å². The van der Waals surface area contributed by atoms with E-state index in [0.29, 0.717) is 0 Å². The zero-order valence-electron chi connectivity index (χ0n) is 3.39. The van der Waals surface area contributed by atoms with Crippen LogP contribution in [-0.2, 0) is 0 Å². The van der Waals surface area contributed by atoms with E-state index in [-0.39, 0.29) is 0 Å². The van der Waals surface area contributed by atoms with Crippen molar-refractivity contribution in [3.8, 4) is 0 Å². The van der Waals surface area contributed by atoms with Gasteiger partial charge in [0.2, 0.25) is 0 Å². The first-order chi connectivity index (χ1) is 2.79. The number of nitrogens with zero attached hydrogens (tertiary/aromatic N) is 1. The van der Waals surface area contributed by atoms with Gasteiger partial charge in [-0.15, -0.1) is 0 Å². The van der Waals surface area contributed by atoms with Crippen molar-refractivity contribution >= 4 is 32.0 Å². The predicted molar refractivity (Wildman–Crippen MR) is 39.1 cm³/mol. The third kappa shape index (κ3) is 1.04. The first-order valence-electron chi connectivity index (χ1n) is 1.93. The van der Waals surface area contributed by atoms with Crippen molar-refractivity contribution in [3.63, 3.8) is 0 Å². The van der Waals surface area contributed by atoms with E-state index in [1.165, 1.54) is 13.1 Å². The van der Waals surface area contributed by atoms with Crippen LogP contribution in [0.1, 0.15) is 0 Å². The maximum atomic E-state index is 2.67. The Morgan fingerprint density at radius 1 is 1.67 bits per heavy atom. The van der Waals surface area contributed by atoms with Crippen molar-refractivity contribution in [2.75, 3.05) is 13.1 Å². The SMILES string of the molecule is PN1CC(I)C1. The monoisotopic (exact) mass is 215 g/mol. The molecular formula is C3H7INP. The third-order valence-corrected chi connectivity index (χ3v) is 2.07. The molecule has 0 N–H and O–H groups in total. The van der Waals surface area contributed by atoms with Crippen LogP contribution in [0.5, 0.6) is 0 Å². The molecule has 0 spiro atoms. The minimum atomic E-state index is 0.917. The van der Waals surface area contributed by atoms with Gasteiger partial charge in [-0.05, 0) is 0 Å². The average molecular weight is 215 g/mol. The third-order valence-electron chi connectivity index (χ3n) is 0.865. The van der Waals surface area contributed by atoms with Crippen molar-refractivity contribution in [2.45, 2.75) is 3.92 Å². The summed E-state index contributed by atoms with van der Waals surface area (Å²) in [6.07, 6.45) is 0. The molecule has 6 heavy (non-hydrogen) atoms. The van der Waals surface area contributed by atoms with Gasteiger partial charge in [0, 0.05) is 17.0 Å². The van der Waals surface area contributed by atoms with Gasteiger partial charge >= 0.3 is 0 Å². The lowest BCUT2D eigenvalue weighted by Gasteiger charge is -2.31. The molecule has 1 rings (SSSR count). The lowest BCUT2D eigenvalue weighted by atomic mass is 10.3. The van der Waals surface area contributed by atoms with E-state index in [2.05, 4.69) is 36.7 Å². The van der Waals surface area contributed by atoms with Crippen molar-refractivity contribution in [3.05, 3.63) is 0 Å². The summed E-state index contributed by atoms with van der Waals surface area (Å²) < 4.78 is 3.15. The summed E-state index contributed by atoms with van der Waals surface area (Å²) in [5.74, 6) is 0. The summed E-state index contributed by atoms with van der Waals surface area (Å²) in [5.41, 5.74) is 0. The van der Waals surface area contributed by atoms with E-state index in [1.54, 1.807) is 0 Å². The van der Waals surface area contributed by atoms with Crippen LogP contribution in [0.4, 0.5) is 0 Å². The predicted octanol–water partition coefficient (Wildman–Crippen LogP) is 0.896. The van der Waals surface area contributed by atoms with Gasteiger partial charge in [0.15, 0.2) is 0 Å². The average Bonchev–Trinajstić information content (AvgIpc) is 1.33. The normalized spacial score (nSPS) is 27.0. The highest BCUT2D eigenvalue weighted by molar-refractivity contribution is 14.1. The molecule has 1 heterocycles. The Morgan fingerprint density at radius 3 is 2.17 bits per heavy atom. The largest absolute Gasteiger partial charge is 0.285 e. The molecule has 0 aromatic rings. The first kappa shape index (κ1) is 5.26. The fourth-order valence-corrected chi connectivity index (χ4v) is 2.83. The Morgan fingerprint density at radius 2 is 2.17 bits per heavy atom. The summed E-state index contributed by atoms with van der Waals surface area (Å²) in [6.45, 7) is 2.51. The molecule has 0 bridgehead atoms. The lowest BCUT2D eigenvalue weighted by molar-refractivity contribution is 0.367.